The highest BCUT2D eigenvalue weighted by molar-refractivity contribution is 7.16. The zero-order valence-electron chi connectivity index (χ0n) is 13.0. The van der Waals surface area contributed by atoms with Crippen LogP contribution in [0.3, 0.4) is 0 Å². The van der Waals surface area contributed by atoms with E-state index in [4.69, 9.17) is 4.74 Å². The smallest absolute Gasteiger partial charge is 0.341 e. The van der Waals surface area contributed by atoms with Crippen LogP contribution in [0.4, 0.5) is 5.00 Å². The van der Waals surface area contributed by atoms with Crippen LogP contribution >= 0.6 is 11.3 Å². The van der Waals surface area contributed by atoms with E-state index in [1.807, 2.05) is 20.8 Å². The van der Waals surface area contributed by atoms with Gasteiger partial charge in [-0.15, -0.1) is 11.3 Å². The molecule has 1 aromatic rings. The van der Waals surface area contributed by atoms with Crippen LogP contribution in [-0.2, 0) is 9.53 Å². The number of rotatable bonds is 4. The lowest BCUT2D eigenvalue weighted by molar-refractivity contribution is -0.122. The second-order valence-electron chi connectivity index (χ2n) is 5.40. The molecule has 5 nitrogen and oxygen atoms in total. The number of hydrogen-bond acceptors (Lipinski definition) is 5. The van der Waals surface area contributed by atoms with E-state index in [1.54, 1.807) is 0 Å². The fourth-order valence-electron chi connectivity index (χ4n) is 2.75. The van der Waals surface area contributed by atoms with Gasteiger partial charge in [0.15, 0.2) is 0 Å². The van der Waals surface area contributed by atoms with E-state index in [2.05, 4.69) is 10.6 Å². The Balaban J connectivity index is 2.29. The number of nitrogens with one attached hydrogen (secondary N) is 2. The summed E-state index contributed by atoms with van der Waals surface area (Å²) in [6.07, 6.45) is 2.55. The molecule has 0 bridgehead atoms. The zero-order valence-corrected chi connectivity index (χ0v) is 13.8. The number of carbonyl (C=O) groups is 2. The number of carbonyl (C=O) groups excluding carboxylic acids is 2. The molecule has 2 heterocycles. The first-order valence-corrected chi connectivity index (χ1v) is 8.01. The lowest BCUT2D eigenvalue weighted by Crippen LogP contribution is -2.50. The van der Waals surface area contributed by atoms with E-state index in [1.165, 1.54) is 18.4 Å². The fourth-order valence-corrected chi connectivity index (χ4v) is 3.79. The summed E-state index contributed by atoms with van der Waals surface area (Å²) in [7, 11) is 1.35. The Labute approximate surface area is 129 Å². The third kappa shape index (κ3) is 2.82. The van der Waals surface area contributed by atoms with Gasteiger partial charge in [-0.25, -0.2) is 4.79 Å². The van der Waals surface area contributed by atoms with Gasteiger partial charge in [-0.2, -0.15) is 0 Å². The van der Waals surface area contributed by atoms with Gasteiger partial charge in [-0.05, 0) is 45.2 Å². The maximum absolute atomic E-state index is 12.6. The molecule has 1 unspecified atom stereocenters. The quantitative estimate of drug-likeness (QED) is 0.839. The average Bonchev–Trinajstić information content (AvgIpc) is 3.05. The van der Waals surface area contributed by atoms with Gasteiger partial charge in [0.05, 0.1) is 18.2 Å². The summed E-state index contributed by atoms with van der Waals surface area (Å²) in [5.74, 6) is -0.467. The number of aryl methyl sites for hydroxylation is 1. The van der Waals surface area contributed by atoms with Crippen LogP contribution in [0.15, 0.2) is 0 Å². The average molecular weight is 310 g/mol. The summed E-state index contributed by atoms with van der Waals surface area (Å²) in [6.45, 7) is 6.67. The second kappa shape index (κ2) is 6.15. The molecule has 6 heteroatoms. The van der Waals surface area contributed by atoms with Crippen LogP contribution in [0.25, 0.3) is 0 Å². The van der Waals surface area contributed by atoms with Gasteiger partial charge < -0.3 is 15.4 Å². The summed E-state index contributed by atoms with van der Waals surface area (Å²) >= 11 is 1.42. The first-order chi connectivity index (χ1) is 9.95. The third-order valence-corrected chi connectivity index (χ3v) is 5.41. The van der Waals surface area contributed by atoms with Gasteiger partial charge in [0, 0.05) is 4.88 Å². The molecule has 2 rings (SSSR count). The SMILES string of the molecule is CCC1(C(=O)Nc2sc(C)c(C)c2C(=O)OC)CCCN1. The van der Waals surface area contributed by atoms with Gasteiger partial charge in [-0.1, -0.05) is 6.92 Å². The molecule has 0 spiro atoms. The predicted molar refractivity (Wildman–Crippen MR) is 84.0 cm³/mol. The monoisotopic (exact) mass is 310 g/mol. The maximum Gasteiger partial charge on any atom is 0.341 e. The number of methoxy groups -OCH3 is 1. The van der Waals surface area contributed by atoms with Crippen molar-refractivity contribution in [2.75, 3.05) is 19.0 Å². The minimum absolute atomic E-state index is 0.0612. The lowest BCUT2D eigenvalue weighted by Gasteiger charge is -2.26. The third-order valence-electron chi connectivity index (χ3n) is 4.28. The minimum atomic E-state index is -0.515. The number of hydrogen-bond donors (Lipinski definition) is 2. The summed E-state index contributed by atoms with van der Waals surface area (Å²) in [5.41, 5.74) is 0.823. The van der Waals surface area contributed by atoms with E-state index in [9.17, 15) is 9.59 Å². The van der Waals surface area contributed by atoms with Gasteiger partial charge in [0.25, 0.3) is 0 Å². The first-order valence-electron chi connectivity index (χ1n) is 7.20. The molecule has 0 saturated carbocycles. The maximum atomic E-state index is 12.6. The molecule has 21 heavy (non-hydrogen) atoms. The second-order valence-corrected chi connectivity index (χ2v) is 6.62. The highest BCUT2D eigenvalue weighted by Gasteiger charge is 2.39. The lowest BCUT2D eigenvalue weighted by atomic mass is 9.93. The minimum Gasteiger partial charge on any atom is -0.465 e. The number of thiophene rings is 1. The van der Waals surface area contributed by atoms with Gasteiger partial charge in [0.2, 0.25) is 5.91 Å². The number of amides is 1. The van der Waals surface area contributed by atoms with Crippen LogP contribution in [0.5, 0.6) is 0 Å². The Morgan fingerprint density at radius 1 is 1.43 bits per heavy atom. The van der Waals surface area contributed by atoms with Crippen molar-refractivity contribution >= 4 is 28.2 Å². The van der Waals surface area contributed by atoms with E-state index >= 15 is 0 Å². The van der Waals surface area contributed by atoms with E-state index in [-0.39, 0.29) is 5.91 Å². The molecule has 1 amide bonds. The molecular weight excluding hydrogens is 288 g/mol. The van der Waals surface area contributed by atoms with Gasteiger partial charge >= 0.3 is 5.97 Å². The molecule has 1 aliphatic heterocycles. The van der Waals surface area contributed by atoms with Gasteiger partial charge in [-0.3, -0.25) is 4.79 Å². The van der Waals surface area contributed by atoms with Crippen molar-refractivity contribution in [3.63, 3.8) is 0 Å². The van der Waals surface area contributed by atoms with Crippen molar-refractivity contribution in [3.8, 4) is 0 Å². The molecule has 0 radical (unpaired) electrons. The molecule has 1 aliphatic rings. The Bertz CT molecular complexity index is 560. The highest BCUT2D eigenvalue weighted by atomic mass is 32.1. The van der Waals surface area contributed by atoms with Crippen molar-refractivity contribution in [2.45, 2.75) is 45.6 Å². The Morgan fingerprint density at radius 2 is 2.14 bits per heavy atom. The van der Waals surface area contributed by atoms with Crippen LogP contribution < -0.4 is 10.6 Å². The molecule has 1 fully saturated rings. The Kier molecular flexibility index (Phi) is 4.68. The molecule has 116 valence electrons. The normalized spacial score (nSPS) is 21.3. The number of ether oxygens (including phenoxy) is 1. The molecule has 1 saturated heterocycles. The highest BCUT2D eigenvalue weighted by Crippen LogP contribution is 2.34. The van der Waals surface area contributed by atoms with Crippen molar-refractivity contribution in [2.24, 2.45) is 0 Å². The molecular formula is C15H22N2O3S. The van der Waals surface area contributed by atoms with E-state index in [0.717, 1.165) is 36.2 Å². The number of anilines is 1. The number of esters is 1. The van der Waals surface area contributed by atoms with E-state index < -0.39 is 11.5 Å². The Hall–Kier alpha value is -1.40. The van der Waals surface area contributed by atoms with Crippen molar-refractivity contribution in [3.05, 3.63) is 16.0 Å². The van der Waals surface area contributed by atoms with Crippen LogP contribution in [0.2, 0.25) is 0 Å². The van der Waals surface area contributed by atoms with Gasteiger partial charge in [0.1, 0.15) is 5.00 Å². The zero-order chi connectivity index (χ0) is 15.6. The summed E-state index contributed by atoms with van der Waals surface area (Å²) in [5, 5.41) is 6.82. The molecule has 1 aromatic heterocycles. The molecule has 0 aromatic carbocycles. The van der Waals surface area contributed by atoms with Crippen LogP contribution in [-0.4, -0.2) is 31.1 Å². The first kappa shape index (κ1) is 16.0. The van der Waals surface area contributed by atoms with Crippen molar-refractivity contribution < 1.29 is 14.3 Å². The largest absolute Gasteiger partial charge is 0.465 e. The van der Waals surface area contributed by atoms with E-state index in [0.29, 0.717) is 10.6 Å². The van der Waals surface area contributed by atoms with Crippen LogP contribution in [0, 0.1) is 13.8 Å². The molecule has 0 aliphatic carbocycles. The standard InChI is InChI=1S/C15H22N2O3S/c1-5-15(7-6-8-16-15)14(19)17-12-11(13(18)20-4)9(2)10(3)21-12/h16H,5-8H2,1-4H3,(H,17,19). The summed E-state index contributed by atoms with van der Waals surface area (Å²) in [6, 6.07) is 0. The van der Waals surface area contributed by atoms with Crippen molar-refractivity contribution in [1.29, 1.82) is 0 Å². The summed E-state index contributed by atoms with van der Waals surface area (Å²) < 4.78 is 4.83. The van der Waals surface area contributed by atoms with Crippen LogP contribution in [0.1, 0.15) is 47.0 Å². The Morgan fingerprint density at radius 3 is 2.67 bits per heavy atom. The fraction of sp³-hybridized carbons (Fsp3) is 0.600. The topological polar surface area (TPSA) is 67.4 Å². The van der Waals surface area contributed by atoms with Crippen molar-refractivity contribution in [1.82, 2.24) is 5.32 Å². The predicted octanol–water partition coefficient (Wildman–Crippen LogP) is 2.62. The summed E-state index contributed by atoms with van der Waals surface area (Å²) in [4.78, 5) is 25.6. The molecule has 1 atom stereocenters. The molecule has 2 N–H and O–H groups in total.